The highest BCUT2D eigenvalue weighted by Gasteiger charge is 2.39. The third kappa shape index (κ3) is 4.10. The van der Waals surface area contributed by atoms with Gasteiger partial charge in [-0.2, -0.15) is 10.1 Å². The standard InChI is InChI=1S/C38H31N7O/c1-22-12-10-13-23(2)33(22)43-32(21-20-27-26(5)42-45-31-19-9-6-16-28(31)38(46)41-35(27)45)44(34-24(3)14-11-15-25(34)4)37-36(43)39-29-17-7-8-18-30(29)40-37/h6-21H,1-5H3/b27-20-. The number of para-hydroxylation sites is 5. The normalized spacial score (nSPS) is 13.4. The molecule has 4 heterocycles. The molecule has 0 atom stereocenters. The highest BCUT2D eigenvalue weighted by atomic mass is 16.1. The van der Waals surface area contributed by atoms with E-state index in [1.54, 1.807) is 10.6 Å². The lowest BCUT2D eigenvalue weighted by atomic mass is 10.1. The van der Waals surface area contributed by atoms with Crippen LogP contribution >= 0.6 is 0 Å². The maximum atomic E-state index is 13.1. The average molecular weight is 602 g/mol. The molecular formula is C38H31N7O. The van der Waals surface area contributed by atoms with Crippen LogP contribution in [-0.2, 0) is 0 Å². The number of aromatic nitrogens is 5. The predicted octanol–water partition coefficient (Wildman–Crippen LogP) is 7.06. The van der Waals surface area contributed by atoms with Gasteiger partial charge in [0.2, 0.25) is 0 Å². The maximum Gasteiger partial charge on any atom is 0.281 e. The highest BCUT2D eigenvalue weighted by molar-refractivity contribution is 5.96. The Morgan fingerprint density at radius 2 is 1.11 bits per heavy atom. The number of rotatable bonds is 3. The van der Waals surface area contributed by atoms with Gasteiger partial charge in [0.25, 0.3) is 5.56 Å². The van der Waals surface area contributed by atoms with Crippen LogP contribution in [0.5, 0.6) is 0 Å². The van der Waals surface area contributed by atoms with E-state index >= 15 is 0 Å². The van der Waals surface area contributed by atoms with E-state index in [-0.39, 0.29) is 5.56 Å². The molecule has 0 saturated carbocycles. The molecule has 0 fully saturated rings. The van der Waals surface area contributed by atoms with Crippen molar-refractivity contribution in [2.24, 2.45) is 0 Å². The second-order valence-corrected chi connectivity index (χ2v) is 11.9. The van der Waals surface area contributed by atoms with Crippen LogP contribution in [0.25, 0.3) is 33.7 Å². The van der Waals surface area contributed by atoms with Crippen LogP contribution in [0.4, 0.5) is 23.0 Å². The first-order chi connectivity index (χ1) is 22.3. The van der Waals surface area contributed by atoms with Crippen LogP contribution in [-0.4, -0.2) is 24.6 Å². The van der Waals surface area contributed by atoms with Crippen LogP contribution in [0.2, 0.25) is 0 Å². The fraction of sp³-hybridized carbons (Fsp3) is 0.132. The SMILES string of the molecule is Cc1cccc(C)c1N1C(=C/C=c2/c(C)nn3c2nc(=O)c2ccccc23)N(c2c(C)cccc2C)c2nc3ccccc3nc21. The van der Waals surface area contributed by atoms with Crippen molar-refractivity contribution < 1.29 is 0 Å². The van der Waals surface area contributed by atoms with Gasteiger partial charge in [0.05, 0.1) is 39.0 Å². The van der Waals surface area contributed by atoms with Gasteiger partial charge in [0.1, 0.15) is 5.82 Å². The molecule has 46 heavy (non-hydrogen) atoms. The Kier molecular flexibility index (Phi) is 6.22. The van der Waals surface area contributed by atoms with Gasteiger partial charge in [-0.3, -0.25) is 14.6 Å². The highest BCUT2D eigenvalue weighted by Crippen LogP contribution is 2.51. The van der Waals surface area contributed by atoms with E-state index in [1.807, 2.05) is 55.5 Å². The number of hydrogen-bond donors (Lipinski definition) is 0. The molecule has 7 aromatic rings. The van der Waals surface area contributed by atoms with E-state index in [2.05, 4.69) is 85.0 Å². The van der Waals surface area contributed by atoms with Gasteiger partial charge in [0.15, 0.2) is 17.3 Å². The lowest BCUT2D eigenvalue weighted by Crippen LogP contribution is -2.24. The second-order valence-electron chi connectivity index (χ2n) is 11.9. The van der Waals surface area contributed by atoms with E-state index in [0.717, 1.165) is 78.5 Å². The molecule has 3 aromatic heterocycles. The first-order valence-corrected chi connectivity index (χ1v) is 15.3. The molecule has 1 aliphatic rings. The number of anilines is 4. The van der Waals surface area contributed by atoms with Gasteiger partial charge >= 0.3 is 0 Å². The van der Waals surface area contributed by atoms with Crippen LogP contribution in [0.3, 0.4) is 0 Å². The summed E-state index contributed by atoms with van der Waals surface area (Å²) in [5.74, 6) is 2.36. The van der Waals surface area contributed by atoms with Crippen LogP contribution in [0, 0.1) is 34.6 Å². The van der Waals surface area contributed by atoms with E-state index in [1.165, 1.54) is 0 Å². The summed E-state index contributed by atoms with van der Waals surface area (Å²) in [7, 11) is 0. The summed E-state index contributed by atoms with van der Waals surface area (Å²) in [6.45, 7) is 10.4. The molecule has 0 saturated heterocycles. The van der Waals surface area contributed by atoms with Gasteiger partial charge < -0.3 is 0 Å². The first-order valence-electron chi connectivity index (χ1n) is 15.3. The van der Waals surface area contributed by atoms with E-state index in [0.29, 0.717) is 11.0 Å². The van der Waals surface area contributed by atoms with Crippen molar-refractivity contribution in [1.29, 1.82) is 0 Å². The zero-order chi connectivity index (χ0) is 31.7. The van der Waals surface area contributed by atoms with Gasteiger partial charge in [-0.15, -0.1) is 0 Å². The topological polar surface area (TPSA) is 79.5 Å². The Morgan fingerprint density at radius 1 is 0.587 bits per heavy atom. The summed E-state index contributed by atoms with van der Waals surface area (Å²) in [5.41, 5.74) is 9.96. The minimum atomic E-state index is -0.270. The number of hydrogen-bond acceptors (Lipinski definition) is 7. The van der Waals surface area contributed by atoms with Gasteiger partial charge in [0, 0.05) is 5.22 Å². The smallest absolute Gasteiger partial charge is 0.276 e. The van der Waals surface area contributed by atoms with E-state index in [9.17, 15) is 4.79 Å². The molecule has 8 nitrogen and oxygen atoms in total. The van der Waals surface area contributed by atoms with Gasteiger partial charge in [-0.25, -0.2) is 14.5 Å². The summed E-state index contributed by atoms with van der Waals surface area (Å²) in [5, 5.41) is 6.14. The van der Waals surface area contributed by atoms with Crippen molar-refractivity contribution in [3.05, 3.63) is 140 Å². The van der Waals surface area contributed by atoms with Gasteiger partial charge in [-0.05, 0) is 93.3 Å². The fourth-order valence-electron chi connectivity index (χ4n) is 6.66. The molecule has 8 heteroatoms. The molecule has 224 valence electrons. The number of nitrogens with zero attached hydrogens (tertiary/aromatic N) is 7. The molecule has 0 amide bonds. The molecule has 0 unspecified atom stereocenters. The number of fused-ring (bicyclic) bond motifs is 5. The third-order valence-corrected chi connectivity index (χ3v) is 8.79. The minimum Gasteiger partial charge on any atom is -0.276 e. The Balaban J connectivity index is 1.48. The summed E-state index contributed by atoms with van der Waals surface area (Å²) in [6.07, 6.45) is 4.10. The van der Waals surface area contributed by atoms with Crippen LogP contribution < -0.4 is 20.6 Å². The zero-order valence-corrected chi connectivity index (χ0v) is 26.3. The lowest BCUT2D eigenvalue weighted by molar-refractivity contribution is 0.951. The van der Waals surface area contributed by atoms with Crippen molar-refractivity contribution in [2.75, 3.05) is 9.80 Å². The predicted molar refractivity (Wildman–Crippen MR) is 185 cm³/mol. The molecule has 0 bridgehead atoms. The Morgan fingerprint density at radius 3 is 1.67 bits per heavy atom. The average Bonchev–Trinajstić information content (AvgIpc) is 3.52. The largest absolute Gasteiger partial charge is 0.281 e. The molecule has 0 spiro atoms. The summed E-state index contributed by atoms with van der Waals surface area (Å²) < 4.78 is 1.77. The zero-order valence-electron chi connectivity index (χ0n) is 26.3. The summed E-state index contributed by atoms with van der Waals surface area (Å²) in [6, 6.07) is 28.1. The molecule has 0 N–H and O–H groups in total. The Labute approximate surface area is 265 Å². The molecule has 8 rings (SSSR count). The monoisotopic (exact) mass is 601 g/mol. The van der Waals surface area contributed by atoms with E-state index < -0.39 is 0 Å². The first kappa shape index (κ1) is 27.6. The molecular weight excluding hydrogens is 570 g/mol. The lowest BCUT2D eigenvalue weighted by Gasteiger charge is -2.28. The second kappa shape index (κ2) is 10.3. The van der Waals surface area contributed by atoms with E-state index in [4.69, 9.17) is 15.1 Å². The molecule has 1 aliphatic heterocycles. The molecule has 4 aromatic carbocycles. The maximum absolute atomic E-state index is 13.1. The Bertz CT molecular complexity index is 2390. The van der Waals surface area contributed by atoms with Crippen molar-refractivity contribution in [1.82, 2.24) is 24.6 Å². The molecule has 0 aliphatic carbocycles. The number of benzene rings is 4. The Hall–Kier alpha value is -5.89. The number of allylic oxidation sites excluding steroid dienone is 1. The molecule has 0 radical (unpaired) electrons. The van der Waals surface area contributed by atoms with Crippen molar-refractivity contribution in [2.45, 2.75) is 34.6 Å². The number of aryl methyl sites for hydroxylation is 5. The van der Waals surface area contributed by atoms with Crippen LogP contribution in [0.1, 0.15) is 27.9 Å². The summed E-state index contributed by atoms with van der Waals surface area (Å²) in [4.78, 5) is 32.5. The quantitative estimate of drug-likeness (QED) is 0.215. The van der Waals surface area contributed by atoms with Crippen LogP contribution in [0.15, 0.2) is 102 Å². The van der Waals surface area contributed by atoms with Crippen molar-refractivity contribution >= 4 is 56.7 Å². The van der Waals surface area contributed by atoms with Crippen molar-refractivity contribution in [3.8, 4) is 0 Å². The minimum absolute atomic E-state index is 0.270. The fourth-order valence-corrected chi connectivity index (χ4v) is 6.66. The van der Waals surface area contributed by atoms with Crippen molar-refractivity contribution in [3.63, 3.8) is 0 Å². The third-order valence-electron chi connectivity index (χ3n) is 8.79. The summed E-state index contributed by atoms with van der Waals surface area (Å²) >= 11 is 0. The van der Waals surface area contributed by atoms with Gasteiger partial charge in [-0.1, -0.05) is 60.7 Å².